The number of hydrogen-bond acceptors (Lipinski definition) is 6. The van der Waals surface area contributed by atoms with E-state index in [0.717, 1.165) is 45.8 Å². The van der Waals surface area contributed by atoms with Crippen molar-refractivity contribution in [2.75, 3.05) is 28.2 Å². The first-order chi connectivity index (χ1) is 23.2. The number of carbonyl (C=O) groups excluding carboxylic acids is 2. The van der Waals surface area contributed by atoms with Crippen LogP contribution < -0.4 is 0 Å². The summed E-state index contributed by atoms with van der Waals surface area (Å²) in [5.41, 5.74) is 8.85. The molecule has 2 atom stereocenters. The van der Waals surface area contributed by atoms with Gasteiger partial charge in [-0.05, 0) is 98.7 Å². The smallest absolute Gasteiger partial charge is 0.419 e. The van der Waals surface area contributed by atoms with E-state index in [1.54, 1.807) is 9.80 Å². The van der Waals surface area contributed by atoms with Crippen molar-refractivity contribution in [3.05, 3.63) is 143 Å². The lowest BCUT2D eigenvalue weighted by Crippen LogP contribution is -2.40. The first kappa shape index (κ1) is 32.7. The summed E-state index contributed by atoms with van der Waals surface area (Å²) in [6.45, 7) is 0. The molecule has 0 saturated carbocycles. The van der Waals surface area contributed by atoms with E-state index in [1.807, 2.05) is 77.0 Å². The Morgan fingerprint density at radius 2 is 0.958 bits per heavy atom. The van der Waals surface area contributed by atoms with Crippen molar-refractivity contribution in [2.24, 2.45) is 0 Å². The van der Waals surface area contributed by atoms with Gasteiger partial charge in [-0.3, -0.25) is 9.80 Å². The largest absolute Gasteiger partial charge is 0.438 e. The lowest BCUT2D eigenvalue weighted by atomic mass is 10.0. The van der Waals surface area contributed by atoms with Crippen molar-refractivity contribution < 1.29 is 19.1 Å². The second kappa shape index (κ2) is 14.7. The number of nitrogens with one attached hydrogen (secondary N) is 2. The number of ether oxygens (including phenoxy) is 2. The van der Waals surface area contributed by atoms with E-state index in [2.05, 4.69) is 70.6 Å². The first-order valence-corrected chi connectivity index (χ1v) is 16.2. The summed E-state index contributed by atoms with van der Waals surface area (Å²) in [5.74, 6) is -2.04. The predicted octanol–water partition coefficient (Wildman–Crippen LogP) is 6.48. The molecule has 0 bridgehead atoms. The Morgan fingerprint density at radius 3 is 1.33 bits per heavy atom. The Hall–Kier alpha value is -5.18. The van der Waals surface area contributed by atoms with Crippen molar-refractivity contribution in [3.63, 3.8) is 0 Å². The molecule has 0 aliphatic carbocycles. The van der Waals surface area contributed by atoms with Gasteiger partial charge in [0.05, 0.1) is 0 Å². The Labute approximate surface area is 281 Å². The van der Waals surface area contributed by atoms with Crippen LogP contribution in [0.4, 0.5) is 0 Å². The van der Waals surface area contributed by atoms with Crippen LogP contribution in [-0.2, 0) is 44.7 Å². The highest BCUT2D eigenvalue weighted by atomic mass is 16.6. The quantitative estimate of drug-likeness (QED) is 0.0903. The number of fused-ring (bicyclic) bond motifs is 2. The topological polar surface area (TPSA) is 90.7 Å². The molecule has 8 heteroatoms. The summed E-state index contributed by atoms with van der Waals surface area (Å²) in [6.07, 6.45) is 4.98. The minimum atomic E-state index is -1.02. The van der Waals surface area contributed by atoms with Gasteiger partial charge in [0.1, 0.15) is 0 Å². The molecular formula is C40H42N4O4. The summed E-state index contributed by atoms with van der Waals surface area (Å²) in [4.78, 5) is 36.5. The van der Waals surface area contributed by atoms with Crippen LogP contribution in [0.1, 0.15) is 33.4 Å². The molecule has 8 nitrogen and oxygen atoms in total. The van der Waals surface area contributed by atoms with Crippen LogP contribution >= 0.6 is 0 Å². The number of likely N-dealkylation sites (N-methyl/N-ethyl adjacent to an activating group) is 2. The Balaban J connectivity index is 1.12. The average molecular weight is 643 g/mol. The van der Waals surface area contributed by atoms with Crippen molar-refractivity contribution >= 4 is 33.7 Å². The molecule has 0 spiro atoms. The molecule has 0 amide bonds. The third kappa shape index (κ3) is 7.85. The number of aromatic amines is 2. The summed E-state index contributed by atoms with van der Waals surface area (Å²) in [6, 6.07) is 33.4. The number of rotatable bonds is 12. The fourth-order valence-corrected chi connectivity index (χ4v) is 6.05. The molecular weight excluding hydrogens is 600 g/mol. The highest BCUT2D eigenvalue weighted by molar-refractivity contribution is 6.29. The van der Waals surface area contributed by atoms with Gasteiger partial charge < -0.3 is 19.4 Å². The van der Waals surface area contributed by atoms with Gasteiger partial charge in [0, 0.05) is 47.0 Å². The third-order valence-corrected chi connectivity index (χ3v) is 8.76. The van der Waals surface area contributed by atoms with Crippen LogP contribution in [0.15, 0.2) is 109 Å². The lowest BCUT2D eigenvalue weighted by Gasteiger charge is -2.26. The molecule has 6 aromatic rings. The number of nitrogens with zero attached hydrogens (tertiary/aromatic N) is 2. The molecule has 6 rings (SSSR count). The summed E-state index contributed by atoms with van der Waals surface area (Å²) < 4.78 is 11.5. The van der Waals surface area contributed by atoms with Crippen molar-refractivity contribution in [1.82, 2.24) is 19.8 Å². The van der Waals surface area contributed by atoms with Gasteiger partial charge in [-0.25, -0.2) is 9.59 Å². The van der Waals surface area contributed by atoms with E-state index in [4.69, 9.17) is 9.47 Å². The van der Waals surface area contributed by atoms with E-state index in [0.29, 0.717) is 12.8 Å². The van der Waals surface area contributed by atoms with Gasteiger partial charge in [-0.1, -0.05) is 72.8 Å². The molecule has 0 aliphatic rings. The SMILES string of the molecule is CN(C)C(Cc1c[nH]c2ccc(Cc3ccccc3)cc12)OC(=O)C(=O)OC(Cc1c[nH]c2ccc(Cc3ccccc3)cc12)N(C)C. The molecule has 4 aromatic carbocycles. The average Bonchev–Trinajstić information content (AvgIpc) is 3.68. The highest BCUT2D eigenvalue weighted by Crippen LogP contribution is 2.25. The van der Waals surface area contributed by atoms with Gasteiger partial charge in [-0.15, -0.1) is 0 Å². The number of benzene rings is 4. The summed E-state index contributed by atoms with van der Waals surface area (Å²) >= 11 is 0. The zero-order valence-electron chi connectivity index (χ0n) is 27.9. The van der Waals surface area contributed by atoms with Crippen LogP contribution in [0.3, 0.4) is 0 Å². The number of esters is 2. The summed E-state index contributed by atoms with van der Waals surface area (Å²) in [7, 11) is 7.30. The lowest BCUT2D eigenvalue weighted by molar-refractivity contribution is -0.182. The number of hydrogen-bond donors (Lipinski definition) is 2. The minimum Gasteiger partial charge on any atom is -0.438 e. The van der Waals surface area contributed by atoms with Gasteiger partial charge >= 0.3 is 11.9 Å². The molecule has 246 valence electrons. The maximum atomic E-state index is 13.1. The van der Waals surface area contributed by atoms with Gasteiger partial charge in [-0.2, -0.15) is 0 Å². The van der Waals surface area contributed by atoms with Crippen LogP contribution in [0.2, 0.25) is 0 Å². The van der Waals surface area contributed by atoms with E-state index in [1.165, 1.54) is 22.3 Å². The third-order valence-electron chi connectivity index (χ3n) is 8.76. The maximum absolute atomic E-state index is 13.1. The molecule has 2 aromatic heterocycles. The van der Waals surface area contributed by atoms with Crippen LogP contribution in [0.5, 0.6) is 0 Å². The van der Waals surface area contributed by atoms with Gasteiger partial charge in [0.25, 0.3) is 0 Å². The monoisotopic (exact) mass is 642 g/mol. The van der Waals surface area contributed by atoms with Gasteiger partial charge in [0.2, 0.25) is 0 Å². The highest BCUT2D eigenvalue weighted by Gasteiger charge is 2.29. The molecule has 2 unspecified atom stereocenters. The fraction of sp³-hybridized carbons (Fsp3) is 0.250. The molecule has 2 N–H and O–H groups in total. The molecule has 0 radical (unpaired) electrons. The second-order valence-corrected chi connectivity index (χ2v) is 12.8. The predicted molar refractivity (Wildman–Crippen MR) is 190 cm³/mol. The van der Waals surface area contributed by atoms with Gasteiger partial charge in [0.15, 0.2) is 12.5 Å². The summed E-state index contributed by atoms with van der Waals surface area (Å²) in [5, 5.41) is 2.12. The van der Waals surface area contributed by atoms with Crippen LogP contribution in [0, 0.1) is 0 Å². The molecule has 48 heavy (non-hydrogen) atoms. The Morgan fingerprint density at radius 1 is 0.562 bits per heavy atom. The van der Waals surface area contributed by atoms with Crippen molar-refractivity contribution in [2.45, 2.75) is 38.1 Å². The van der Waals surface area contributed by atoms with Crippen molar-refractivity contribution in [1.29, 1.82) is 0 Å². The van der Waals surface area contributed by atoms with E-state index >= 15 is 0 Å². The Bertz CT molecular complexity index is 1850. The van der Waals surface area contributed by atoms with Crippen LogP contribution in [-0.4, -0.2) is 72.4 Å². The fourth-order valence-electron chi connectivity index (χ4n) is 6.05. The van der Waals surface area contributed by atoms with Crippen molar-refractivity contribution in [3.8, 4) is 0 Å². The minimum absolute atomic E-state index is 0.401. The second-order valence-electron chi connectivity index (χ2n) is 12.8. The normalized spacial score (nSPS) is 12.9. The molecule has 2 heterocycles. The van der Waals surface area contributed by atoms with Crippen LogP contribution in [0.25, 0.3) is 21.8 Å². The number of aromatic nitrogens is 2. The van der Waals surface area contributed by atoms with E-state index in [-0.39, 0.29) is 0 Å². The Kier molecular flexibility index (Phi) is 10.0. The number of H-pyrrole nitrogens is 2. The molecule has 0 fully saturated rings. The standard InChI is InChI=1S/C40H42N4O4/c1-43(2)37(23-31-25-41-35-17-15-29(21-33(31)35)19-27-11-7-5-8-12-27)47-39(45)40(46)48-38(44(3)4)24-32-26-42-36-18-16-30(22-34(32)36)20-28-13-9-6-10-14-28/h5-18,21-22,25-26,37-38,41-42H,19-20,23-24H2,1-4H3. The molecule has 0 saturated heterocycles. The zero-order valence-corrected chi connectivity index (χ0v) is 27.9. The number of carbonyl (C=O) groups is 2. The zero-order chi connectivity index (χ0) is 33.6. The van der Waals surface area contributed by atoms with E-state index < -0.39 is 24.4 Å². The first-order valence-electron chi connectivity index (χ1n) is 16.2. The van der Waals surface area contributed by atoms with E-state index in [9.17, 15) is 9.59 Å². The maximum Gasteiger partial charge on any atom is 0.419 e. The molecule has 0 aliphatic heterocycles.